The van der Waals surface area contributed by atoms with Crippen molar-refractivity contribution in [3.05, 3.63) is 0 Å². The molecule has 42 heavy (non-hydrogen) atoms. The molecule has 4 aliphatic rings. The van der Waals surface area contributed by atoms with Crippen molar-refractivity contribution >= 4 is 0 Å². The summed E-state index contributed by atoms with van der Waals surface area (Å²) < 4.78 is 38.6. The minimum atomic E-state index is -1.88. The molecule has 12 unspecified atom stereocenters. The minimum Gasteiger partial charge on any atom is -0.394 e. The van der Waals surface area contributed by atoms with E-state index in [4.69, 9.17) is 33.2 Å². The average molecular weight is 619 g/mol. The summed E-state index contributed by atoms with van der Waals surface area (Å²) in [5.74, 6) is 0. The van der Waals surface area contributed by atoms with Crippen LogP contribution in [0.1, 0.15) is 20.8 Å². The van der Waals surface area contributed by atoms with Gasteiger partial charge >= 0.3 is 0 Å². The van der Waals surface area contributed by atoms with Gasteiger partial charge in [0.2, 0.25) is 0 Å². The van der Waals surface area contributed by atoms with Gasteiger partial charge in [0.15, 0.2) is 25.2 Å². The van der Waals surface area contributed by atoms with Crippen LogP contribution in [0.15, 0.2) is 0 Å². The summed E-state index contributed by atoms with van der Waals surface area (Å²) in [5, 5.41) is 114. The van der Waals surface area contributed by atoms with Gasteiger partial charge in [0.1, 0.15) is 79.4 Å². The monoisotopic (exact) mass is 618 g/mol. The van der Waals surface area contributed by atoms with Crippen LogP contribution in [0.4, 0.5) is 0 Å². The SMILES string of the molecule is CC1O[C@@H](OC2C(O)[C@H](O)OC(C)[C@@H]2O)C(O[C@@H]2OC(C)[C@H](O)C(O[C@H]3OC(CO)[C@@H](O)C(O)C3O)C2O)C(O)[C@H]1O. The molecular weight excluding hydrogens is 576 g/mol. The van der Waals surface area contributed by atoms with Gasteiger partial charge in [-0.2, -0.15) is 0 Å². The number of aliphatic hydroxyl groups is 11. The van der Waals surface area contributed by atoms with E-state index in [9.17, 15) is 56.2 Å². The maximum absolute atomic E-state index is 11.1. The fourth-order valence-electron chi connectivity index (χ4n) is 5.34. The minimum absolute atomic E-state index is 0.750. The highest BCUT2D eigenvalue weighted by Gasteiger charge is 2.54. The van der Waals surface area contributed by atoms with Crippen molar-refractivity contribution in [2.45, 2.75) is 144 Å². The number of rotatable bonds is 7. The molecule has 0 aromatic heterocycles. The summed E-state index contributed by atoms with van der Waals surface area (Å²) in [6, 6.07) is 0. The van der Waals surface area contributed by atoms with E-state index < -0.39 is 129 Å². The van der Waals surface area contributed by atoms with Crippen molar-refractivity contribution in [3.63, 3.8) is 0 Å². The zero-order valence-electron chi connectivity index (χ0n) is 23.0. The van der Waals surface area contributed by atoms with Crippen LogP contribution in [-0.4, -0.2) is 186 Å². The second kappa shape index (κ2) is 13.7. The first-order valence-corrected chi connectivity index (χ1v) is 13.7. The van der Waals surface area contributed by atoms with Crippen molar-refractivity contribution in [1.29, 1.82) is 0 Å². The third kappa shape index (κ3) is 6.62. The molecule has 11 N–H and O–H groups in total. The Bertz CT molecular complexity index is 853. The van der Waals surface area contributed by atoms with E-state index in [1.165, 1.54) is 20.8 Å². The Morgan fingerprint density at radius 3 is 1.52 bits per heavy atom. The average Bonchev–Trinajstić information content (AvgIpc) is 2.95. The Labute approximate surface area is 240 Å². The summed E-state index contributed by atoms with van der Waals surface area (Å²) >= 11 is 0. The lowest BCUT2D eigenvalue weighted by molar-refractivity contribution is -0.392. The van der Waals surface area contributed by atoms with E-state index in [-0.39, 0.29) is 0 Å². The lowest BCUT2D eigenvalue weighted by Crippen LogP contribution is -2.66. The molecule has 0 bridgehead atoms. The van der Waals surface area contributed by atoms with Crippen LogP contribution in [0.5, 0.6) is 0 Å². The van der Waals surface area contributed by atoms with Gasteiger partial charge in [0, 0.05) is 0 Å². The summed E-state index contributed by atoms with van der Waals surface area (Å²) in [4.78, 5) is 0. The number of ether oxygens (including phenoxy) is 7. The zero-order chi connectivity index (χ0) is 31.2. The summed E-state index contributed by atoms with van der Waals surface area (Å²) in [6.07, 6.45) is -31.3. The Kier molecular flexibility index (Phi) is 11.2. The molecule has 0 aromatic carbocycles. The molecule has 0 saturated carbocycles. The molecule has 4 rings (SSSR count). The van der Waals surface area contributed by atoms with E-state index >= 15 is 0 Å². The molecule has 0 radical (unpaired) electrons. The fourth-order valence-corrected chi connectivity index (χ4v) is 5.34. The van der Waals surface area contributed by atoms with E-state index in [1.54, 1.807) is 0 Å². The molecule has 18 nitrogen and oxygen atoms in total. The quantitative estimate of drug-likeness (QED) is 0.126. The van der Waals surface area contributed by atoms with Crippen LogP contribution in [0, 0.1) is 0 Å². The lowest BCUT2D eigenvalue weighted by Gasteiger charge is -2.49. The Morgan fingerprint density at radius 2 is 0.905 bits per heavy atom. The van der Waals surface area contributed by atoms with E-state index in [0.717, 1.165) is 0 Å². The van der Waals surface area contributed by atoms with Gasteiger partial charge in [-0.15, -0.1) is 0 Å². The van der Waals surface area contributed by atoms with Crippen LogP contribution in [0.25, 0.3) is 0 Å². The van der Waals surface area contributed by atoms with Gasteiger partial charge in [0.25, 0.3) is 0 Å². The highest BCUT2D eigenvalue weighted by molar-refractivity contribution is 4.96. The molecule has 246 valence electrons. The van der Waals surface area contributed by atoms with Crippen LogP contribution < -0.4 is 0 Å². The van der Waals surface area contributed by atoms with Gasteiger partial charge in [0.05, 0.1) is 24.9 Å². The van der Waals surface area contributed by atoms with Gasteiger partial charge in [-0.25, -0.2) is 0 Å². The molecule has 20 atom stereocenters. The molecule has 4 aliphatic heterocycles. The second-order valence-electron chi connectivity index (χ2n) is 11.1. The van der Waals surface area contributed by atoms with Crippen molar-refractivity contribution < 1.29 is 89.3 Å². The smallest absolute Gasteiger partial charge is 0.187 e. The summed E-state index contributed by atoms with van der Waals surface area (Å²) in [5.41, 5.74) is 0. The summed E-state index contributed by atoms with van der Waals surface area (Å²) in [6.45, 7) is 3.46. The Morgan fingerprint density at radius 1 is 0.429 bits per heavy atom. The fraction of sp³-hybridized carbons (Fsp3) is 1.00. The molecule has 18 heteroatoms. The molecule has 0 spiro atoms. The summed E-state index contributed by atoms with van der Waals surface area (Å²) in [7, 11) is 0. The third-order valence-corrected chi connectivity index (χ3v) is 8.09. The number of hydrogen-bond acceptors (Lipinski definition) is 18. The van der Waals surface area contributed by atoms with Gasteiger partial charge in [-0.1, -0.05) is 0 Å². The molecule has 4 fully saturated rings. The molecule has 4 heterocycles. The largest absolute Gasteiger partial charge is 0.394 e. The van der Waals surface area contributed by atoms with Crippen molar-refractivity contribution in [3.8, 4) is 0 Å². The van der Waals surface area contributed by atoms with Gasteiger partial charge in [-0.3, -0.25) is 0 Å². The normalized spacial score (nSPS) is 55.9. The van der Waals surface area contributed by atoms with Gasteiger partial charge < -0.3 is 89.3 Å². The Balaban J connectivity index is 1.53. The number of hydrogen-bond donors (Lipinski definition) is 11. The van der Waals surface area contributed by atoms with Crippen LogP contribution in [0.2, 0.25) is 0 Å². The van der Waals surface area contributed by atoms with Crippen molar-refractivity contribution in [1.82, 2.24) is 0 Å². The van der Waals surface area contributed by atoms with E-state index in [2.05, 4.69) is 0 Å². The highest BCUT2D eigenvalue weighted by Crippen LogP contribution is 2.34. The van der Waals surface area contributed by atoms with Crippen molar-refractivity contribution in [2.24, 2.45) is 0 Å². The molecule has 0 aliphatic carbocycles. The third-order valence-electron chi connectivity index (χ3n) is 8.09. The standard InChI is InChI=1S/C24H42O18/c1-5-9(26)14(31)20(24(38-5)41-18-10(27)6(2)36-21(35)16(18)33)42-23-17(34)19(11(28)7(3)37-23)40-22-15(32)13(30)12(29)8(4-25)39-22/h5-35H,4H2,1-3H3/t5?,6?,7?,8?,9-,10-,11-,12+,13?,14?,15?,16?,17?,18?,19?,20?,21+,22+,23-,24-/m0/s1. The van der Waals surface area contributed by atoms with Crippen LogP contribution >= 0.6 is 0 Å². The first-order chi connectivity index (χ1) is 19.7. The van der Waals surface area contributed by atoms with Gasteiger partial charge in [-0.05, 0) is 20.8 Å². The van der Waals surface area contributed by atoms with Crippen LogP contribution in [-0.2, 0) is 33.2 Å². The molecule has 0 amide bonds. The van der Waals surface area contributed by atoms with E-state index in [1.807, 2.05) is 0 Å². The predicted molar refractivity (Wildman–Crippen MR) is 130 cm³/mol. The maximum Gasteiger partial charge on any atom is 0.187 e. The predicted octanol–water partition coefficient (Wildman–Crippen LogP) is -6.67. The second-order valence-corrected chi connectivity index (χ2v) is 11.1. The van der Waals surface area contributed by atoms with E-state index in [0.29, 0.717) is 0 Å². The number of aliphatic hydroxyl groups excluding tert-OH is 11. The zero-order valence-corrected chi connectivity index (χ0v) is 23.0. The first kappa shape index (κ1) is 34.2. The van der Waals surface area contributed by atoms with Crippen LogP contribution in [0.3, 0.4) is 0 Å². The highest BCUT2D eigenvalue weighted by atomic mass is 16.8. The maximum atomic E-state index is 11.1. The lowest BCUT2D eigenvalue weighted by atomic mass is 9.96. The van der Waals surface area contributed by atoms with Crippen molar-refractivity contribution in [2.75, 3.05) is 6.61 Å². The molecule has 4 saturated heterocycles. The first-order valence-electron chi connectivity index (χ1n) is 13.7. The Hall–Kier alpha value is -0.720. The molecular formula is C24H42O18. The topological polar surface area (TPSA) is 287 Å². The molecule has 0 aromatic rings.